The van der Waals surface area contributed by atoms with Crippen LogP contribution in [0.25, 0.3) is 0 Å². The molecule has 1 saturated heterocycles. The van der Waals surface area contributed by atoms with Gasteiger partial charge >= 0.3 is 0 Å². The molecule has 4 heteroatoms. The lowest BCUT2D eigenvalue weighted by Gasteiger charge is -2.17. The number of ketones is 1. The number of Topliss-reactive ketones (excluding diaryl/α,β-unsaturated/α-hetero) is 1. The highest BCUT2D eigenvalue weighted by molar-refractivity contribution is 9.10. The van der Waals surface area contributed by atoms with E-state index in [0.29, 0.717) is 12.2 Å². The summed E-state index contributed by atoms with van der Waals surface area (Å²) in [6, 6.07) is 5.57. The predicted octanol–water partition coefficient (Wildman–Crippen LogP) is 4.48. The maximum absolute atomic E-state index is 12.7. The van der Waals surface area contributed by atoms with Gasteiger partial charge in [0.15, 0.2) is 5.78 Å². The number of rotatable bonds is 5. The highest BCUT2D eigenvalue weighted by atomic mass is 79.9. The van der Waals surface area contributed by atoms with Gasteiger partial charge in [-0.1, -0.05) is 13.8 Å². The molecule has 0 amide bonds. The molecule has 0 bridgehead atoms. The summed E-state index contributed by atoms with van der Waals surface area (Å²) in [5, 5.41) is 0. The number of benzene rings is 1. The molecule has 4 unspecified atom stereocenters. The van der Waals surface area contributed by atoms with E-state index in [0.717, 1.165) is 16.6 Å². The highest BCUT2D eigenvalue weighted by Crippen LogP contribution is 2.36. The fraction of sp³-hybridized carbons (Fsp3) is 0.588. The van der Waals surface area contributed by atoms with Gasteiger partial charge in [-0.2, -0.15) is 0 Å². The predicted molar refractivity (Wildman–Crippen MR) is 86.9 cm³/mol. The zero-order chi connectivity index (χ0) is 15.6. The Morgan fingerprint density at radius 3 is 2.52 bits per heavy atom. The monoisotopic (exact) mass is 354 g/mol. The van der Waals surface area contributed by atoms with Crippen LogP contribution in [-0.2, 0) is 4.74 Å². The van der Waals surface area contributed by atoms with Gasteiger partial charge in [0.2, 0.25) is 0 Å². The van der Waals surface area contributed by atoms with Crippen molar-refractivity contribution in [3.8, 4) is 5.75 Å². The molecule has 116 valence electrons. The standard InChI is InChI=1S/C17H23BrO3/c1-5-8-20-15-7-6-13(9-14(15)18)17(19)16-10(2)11(3)21-12(16)4/h6-7,9-12,16H,5,8H2,1-4H3. The largest absolute Gasteiger partial charge is 0.492 e. The Morgan fingerprint density at radius 1 is 1.29 bits per heavy atom. The number of carbonyl (C=O) groups excluding carboxylic acids is 1. The Hall–Kier alpha value is -0.870. The van der Waals surface area contributed by atoms with E-state index in [1.807, 2.05) is 32.0 Å². The molecule has 0 radical (unpaired) electrons. The first-order valence-corrected chi connectivity index (χ1v) is 8.37. The van der Waals surface area contributed by atoms with Crippen LogP contribution in [0.2, 0.25) is 0 Å². The molecular weight excluding hydrogens is 332 g/mol. The summed E-state index contributed by atoms with van der Waals surface area (Å²) in [6.45, 7) is 8.84. The molecule has 1 aliphatic heterocycles. The Labute approximate surface area is 135 Å². The van der Waals surface area contributed by atoms with E-state index in [9.17, 15) is 4.79 Å². The molecule has 1 aromatic carbocycles. The zero-order valence-corrected chi connectivity index (χ0v) is 14.6. The SMILES string of the molecule is CCCOc1ccc(C(=O)C2C(C)OC(C)C2C)cc1Br. The maximum atomic E-state index is 12.7. The summed E-state index contributed by atoms with van der Waals surface area (Å²) in [4.78, 5) is 12.7. The Morgan fingerprint density at radius 2 is 2.00 bits per heavy atom. The van der Waals surface area contributed by atoms with Crippen LogP contribution in [0.1, 0.15) is 44.5 Å². The first kappa shape index (κ1) is 16.5. The van der Waals surface area contributed by atoms with Crippen LogP contribution >= 0.6 is 15.9 Å². The van der Waals surface area contributed by atoms with Gasteiger partial charge in [-0.05, 0) is 60.3 Å². The van der Waals surface area contributed by atoms with Crippen molar-refractivity contribution in [2.75, 3.05) is 6.61 Å². The third-order valence-electron chi connectivity index (χ3n) is 4.22. The maximum Gasteiger partial charge on any atom is 0.168 e. The van der Waals surface area contributed by atoms with E-state index in [4.69, 9.17) is 9.47 Å². The third kappa shape index (κ3) is 3.49. The van der Waals surface area contributed by atoms with E-state index in [2.05, 4.69) is 29.8 Å². The molecule has 2 rings (SSSR count). The molecule has 1 aromatic rings. The van der Waals surface area contributed by atoms with E-state index >= 15 is 0 Å². The van der Waals surface area contributed by atoms with Crippen molar-refractivity contribution in [2.24, 2.45) is 11.8 Å². The molecule has 0 saturated carbocycles. The van der Waals surface area contributed by atoms with Gasteiger partial charge in [0, 0.05) is 5.56 Å². The van der Waals surface area contributed by atoms with Crippen LogP contribution in [-0.4, -0.2) is 24.6 Å². The first-order valence-electron chi connectivity index (χ1n) is 7.57. The third-order valence-corrected chi connectivity index (χ3v) is 4.84. The summed E-state index contributed by atoms with van der Waals surface area (Å²) >= 11 is 3.49. The number of ether oxygens (including phenoxy) is 2. The van der Waals surface area contributed by atoms with Crippen LogP contribution < -0.4 is 4.74 Å². The molecule has 4 atom stereocenters. The van der Waals surface area contributed by atoms with Crippen molar-refractivity contribution in [3.63, 3.8) is 0 Å². The zero-order valence-electron chi connectivity index (χ0n) is 13.1. The number of hydrogen-bond acceptors (Lipinski definition) is 3. The van der Waals surface area contributed by atoms with Crippen LogP contribution in [0, 0.1) is 11.8 Å². The molecule has 0 N–H and O–H groups in total. The van der Waals surface area contributed by atoms with Gasteiger partial charge in [-0.15, -0.1) is 0 Å². The Bertz CT molecular complexity index is 515. The van der Waals surface area contributed by atoms with Crippen LogP contribution in [0.15, 0.2) is 22.7 Å². The molecule has 1 heterocycles. The van der Waals surface area contributed by atoms with E-state index in [1.54, 1.807) is 0 Å². The molecule has 21 heavy (non-hydrogen) atoms. The molecule has 3 nitrogen and oxygen atoms in total. The van der Waals surface area contributed by atoms with E-state index < -0.39 is 0 Å². The van der Waals surface area contributed by atoms with Gasteiger partial charge in [-0.3, -0.25) is 4.79 Å². The topological polar surface area (TPSA) is 35.5 Å². The summed E-state index contributed by atoms with van der Waals surface area (Å²) in [7, 11) is 0. The quantitative estimate of drug-likeness (QED) is 0.731. The van der Waals surface area contributed by atoms with Gasteiger partial charge in [0.1, 0.15) is 5.75 Å². The second-order valence-electron chi connectivity index (χ2n) is 5.79. The van der Waals surface area contributed by atoms with Crippen LogP contribution in [0.4, 0.5) is 0 Å². The van der Waals surface area contributed by atoms with Crippen molar-refractivity contribution < 1.29 is 14.3 Å². The summed E-state index contributed by atoms with van der Waals surface area (Å²) < 4.78 is 12.2. The Balaban J connectivity index is 2.18. The van der Waals surface area contributed by atoms with Crippen LogP contribution in [0.3, 0.4) is 0 Å². The van der Waals surface area contributed by atoms with Crippen molar-refractivity contribution in [1.82, 2.24) is 0 Å². The van der Waals surface area contributed by atoms with Gasteiger partial charge in [0.25, 0.3) is 0 Å². The van der Waals surface area contributed by atoms with Gasteiger partial charge < -0.3 is 9.47 Å². The van der Waals surface area contributed by atoms with Crippen molar-refractivity contribution in [1.29, 1.82) is 0 Å². The lowest BCUT2D eigenvalue weighted by atomic mass is 9.83. The first-order chi connectivity index (χ1) is 9.95. The van der Waals surface area contributed by atoms with E-state index in [1.165, 1.54) is 0 Å². The molecule has 0 aromatic heterocycles. The number of hydrogen-bond donors (Lipinski definition) is 0. The van der Waals surface area contributed by atoms with E-state index in [-0.39, 0.29) is 29.8 Å². The molecule has 0 aliphatic carbocycles. The minimum atomic E-state index is -0.0747. The summed E-state index contributed by atoms with van der Waals surface area (Å²) in [6.07, 6.45) is 1.06. The summed E-state index contributed by atoms with van der Waals surface area (Å²) in [5.41, 5.74) is 0.715. The fourth-order valence-electron chi connectivity index (χ4n) is 2.89. The minimum absolute atomic E-state index is 0.0303. The second kappa shape index (κ2) is 6.93. The Kier molecular flexibility index (Phi) is 5.44. The molecule has 1 aliphatic rings. The second-order valence-corrected chi connectivity index (χ2v) is 6.64. The lowest BCUT2D eigenvalue weighted by molar-refractivity contribution is 0.0491. The van der Waals surface area contributed by atoms with Crippen molar-refractivity contribution in [3.05, 3.63) is 28.2 Å². The normalized spacial score (nSPS) is 28.6. The molecule has 0 spiro atoms. The summed E-state index contributed by atoms with van der Waals surface area (Å²) in [5.74, 6) is 1.10. The average Bonchev–Trinajstić information content (AvgIpc) is 2.70. The van der Waals surface area contributed by atoms with Gasteiger partial charge in [0.05, 0.1) is 29.2 Å². The number of halogens is 1. The van der Waals surface area contributed by atoms with Crippen molar-refractivity contribution >= 4 is 21.7 Å². The number of carbonyl (C=O) groups is 1. The molecule has 1 fully saturated rings. The fourth-order valence-corrected chi connectivity index (χ4v) is 3.39. The molecular formula is C17H23BrO3. The highest BCUT2D eigenvalue weighted by Gasteiger charge is 2.41. The average molecular weight is 355 g/mol. The smallest absolute Gasteiger partial charge is 0.168 e. The minimum Gasteiger partial charge on any atom is -0.492 e. The van der Waals surface area contributed by atoms with Crippen LogP contribution in [0.5, 0.6) is 5.75 Å². The lowest BCUT2D eigenvalue weighted by Crippen LogP contribution is -2.26. The van der Waals surface area contributed by atoms with Crippen molar-refractivity contribution in [2.45, 2.75) is 46.3 Å². The van der Waals surface area contributed by atoms with Gasteiger partial charge in [-0.25, -0.2) is 0 Å².